The van der Waals surface area contributed by atoms with Crippen molar-refractivity contribution in [3.05, 3.63) is 24.3 Å². The van der Waals surface area contributed by atoms with Crippen molar-refractivity contribution in [2.75, 3.05) is 26.3 Å². The van der Waals surface area contributed by atoms with E-state index in [1.165, 1.54) is 4.70 Å². The molecule has 2 aromatic rings. The van der Waals surface area contributed by atoms with E-state index in [0.717, 1.165) is 36.2 Å². The highest BCUT2D eigenvalue weighted by Gasteiger charge is 2.11. The highest BCUT2D eigenvalue weighted by Crippen LogP contribution is 2.32. The third-order valence-corrected chi connectivity index (χ3v) is 6.87. The molecule has 0 aliphatic carbocycles. The molecule has 4 nitrogen and oxygen atoms in total. The number of thiazole rings is 1. The first-order valence-corrected chi connectivity index (χ1v) is 9.59. The van der Waals surface area contributed by atoms with Crippen molar-refractivity contribution in [2.24, 2.45) is 0 Å². The Kier molecular flexibility index (Phi) is 5.28. The summed E-state index contributed by atoms with van der Waals surface area (Å²) < 4.78 is 13.2. The van der Waals surface area contributed by atoms with E-state index in [9.17, 15) is 0 Å². The number of rotatable bonds is 5. The van der Waals surface area contributed by atoms with Gasteiger partial charge in [0.15, 0.2) is 4.34 Å². The summed E-state index contributed by atoms with van der Waals surface area (Å²) in [5.41, 5.74) is 1.07. The molecule has 0 unspecified atom stereocenters. The SMILES string of the molecule is c1ccc2sc(SNSSN3CCOCC3)nc2c1. The number of ether oxygens (including phenoxy) is 1. The predicted molar refractivity (Wildman–Crippen MR) is 86.2 cm³/mol. The summed E-state index contributed by atoms with van der Waals surface area (Å²) in [4.78, 5) is 4.56. The standard InChI is InChI=1S/C11H13N3OS4/c1-2-4-10-9(3-1)12-11(16-10)17-13-18-19-14-5-7-15-8-6-14/h1-4,13H,5-8H2. The quantitative estimate of drug-likeness (QED) is 0.511. The summed E-state index contributed by atoms with van der Waals surface area (Å²) in [6, 6.07) is 8.22. The van der Waals surface area contributed by atoms with Gasteiger partial charge in [-0.2, -0.15) is 4.13 Å². The Hall–Kier alpha value is 0.0400. The topological polar surface area (TPSA) is 37.4 Å². The molecule has 0 atom stereocenters. The average molecular weight is 332 g/mol. The van der Waals surface area contributed by atoms with Gasteiger partial charge in [-0.05, 0) is 24.1 Å². The zero-order chi connectivity index (χ0) is 12.9. The molecule has 0 amide bonds. The molecule has 0 spiro atoms. The Bertz CT molecular complexity index is 496. The lowest BCUT2D eigenvalue weighted by Gasteiger charge is -2.24. The lowest BCUT2D eigenvalue weighted by atomic mass is 10.3. The van der Waals surface area contributed by atoms with Gasteiger partial charge in [-0.3, -0.25) is 0 Å². The normalized spacial score (nSPS) is 17.1. The van der Waals surface area contributed by atoms with Crippen LogP contribution in [0.1, 0.15) is 0 Å². The Labute approximate surface area is 128 Å². The van der Waals surface area contributed by atoms with Gasteiger partial charge in [0.2, 0.25) is 0 Å². The van der Waals surface area contributed by atoms with Crippen LogP contribution in [0, 0.1) is 0 Å². The summed E-state index contributed by atoms with van der Waals surface area (Å²) in [7, 11) is 3.37. The lowest BCUT2D eigenvalue weighted by molar-refractivity contribution is 0.0779. The fourth-order valence-corrected chi connectivity index (χ4v) is 5.51. The van der Waals surface area contributed by atoms with Crippen LogP contribution in [0.4, 0.5) is 0 Å². The molecule has 1 aromatic carbocycles. The summed E-state index contributed by atoms with van der Waals surface area (Å²) in [5.74, 6) is 0. The number of hydrogen-bond donors (Lipinski definition) is 1. The summed E-state index contributed by atoms with van der Waals surface area (Å²) in [6.45, 7) is 3.65. The number of para-hydroxylation sites is 1. The van der Waals surface area contributed by atoms with Gasteiger partial charge in [0.05, 0.1) is 23.4 Å². The molecule has 19 heavy (non-hydrogen) atoms. The van der Waals surface area contributed by atoms with E-state index in [4.69, 9.17) is 4.74 Å². The Morgan fingerprint density at radius 3 is 2.95 bits per heavy atom. The van der Waals surface area contributed by atoms with E-state index >= 15 is 0 Å². The van der Waals surface area contributed by atoms with Gasteiger partial charge >= 0.3 is 0 Å². The number of morpholine rings is 1. The van der Waals surface area contributed by atoms with Crippen LogP contribution < -0.4 is 4.13 Å². The molecule has 8 heteroatoms. The third kappa shape index (κ3) is 4.01. The second-order valence-corrected chi connectivity index (χ2v) is 8.16. The van der Waals surface area contributed by atoms with Crippen molar-refractivity contribution in [3.63, 3.8) is 0 Å². The number of nitrogens with one attached hydrogen (secondary N) is 1. The van der Waals surface area contributed by atoms with Crippen molar-refractivity contribution in [2.45, 2.75) is 4.34 Å². The molecule has 1 fully saturated rings. The Balaban J connectivity index is 1.44. The van der Waals surface area contributed by atoms with Gasteiger partial charge < -0.3 is 4.74 Å². The van der Waals surface area contributed by atoms with E-state index in [1.807, 2.05) is 18.2 Å². The minimum Gasteiger partial charge on any atom is -0.379 e. The molecule has 0 bridgehead atoms. The minimum atomic E-state index is 0.832. The molecule has 1 saturated heterocycles. The highest BCUT2D eigenvalue weighted by molar-refractivity contribution is 8.76. The first-order chi connectivity index (χ1) is 9.42. The molecule has 2 heterocycles. The Morgan fingerprint density at radius 1 is 1.26 bits per heavy atom. The van der Waals surface area contributed by atoms with Crippen LogP contribution in [0.25, 0.3) is 10.2 Å². The molecule has 3 rings (SSSR count). The average Bonchev–Trinajstić information content (AvgIpc) is 2.87. The number of nitrogens with zero attached hydrogens (tertiary/aromatic N) is 2. The van der Waals surface area contributed by atoms with Gasteiger partial charge in [0.1, 0.15) is 0 Å². The zero-order valence-electron chi connectivity index (χ0n) is 10.1. The molecule has 0 saturated carbocycles. The molecule has 1 N–H and O–H groups in total. The first-order valence-electron chi connectivity index (χ1n) is 5.85. The monoisotopic (exact) mass is 331 g/mol. The van der Waals surface area contributed by atoms with Gasteiger partial charge in [0.25, 0.3) is 0 Å². The molecular weight excluding hydrogens is 318 g/mol. The van der Waals surface area contributed by atoms with Crippen LogP contribution in [0.3, 0.4) is 0 Å². The number of fused-ring (bicyclic) bond motifs is 1. The van der Waals surface area contributed by atoms with E-state index in [1.54, 1.807) is 45.2 Å². The molecule has 1 aliphatic rings. The number of hydrogen-bond acceptors (Lipinski definition) is 8. The molecular formula is C11H13N3OS4. The van der Waals surface area contributed by atoms with Crippen molar-refractivity contribution in [1.29, 1.82) is 0 Å². The largest absolute Gasteiger partial charge is 0.379 e. The van der Waals surface area contributed by atoms with Crippen molar-refractivity contribution in [1.82, 2.24) is 13.4 Å². The van der Waals surface area contributed by atoms with Crippen molar-refractivity contribution in [3.8, 4) is 0 Å². The van der Waals surface area contributed by atoms with Crippen LogP contribution in [0.5, 0.6) is 0 Å². The summed E-state index contributed by atoms with van der Waals surface area (Å²) in [6.07, 6.45) is 0. The first kappa shape index (κ1) is 14.0. The van der Waals surface area contributed by atoms with Crippen LogP contribution in [-0.2, 0) is 4.74 Å². The predicted octanol–water partition coefficient (Wildman–Crippen LogP) is 3.44. The van der Waals surface area contributed by atoms with Crippen LogP contribution in [0.15, 0.2) is 28.6 Å². The number of benzene rings is 1. The van der Waals surface area contributed by atoms with E-state index in [-0.39, 0.29) is 0 Å². The second kappa shape index (κ2) is 7.16. The molecule has 102 valence electrons. The van der Waals surface area contributed by atoms with E-state index in [0.29, 0.717) is 0 Å². The smallest absolute Gasteiger partial charge is 0.166 e. The van der Waals surface area contributed by atoms with Crippen molar-refractivity contribution >= 4 is 55.5 Å². The second-order valence-electron chi connectivity index (χ2n) is 3.83. The summed E-state index contributed by atoms with van der Waals surface area (Å²) in [5, 5.41) is 0. The fourth-order valence-electron chi connectivity index (χ4n) is 1.64. The number of aromatic nitrogens is 1. The van der Waals surface area contributed by atoms with E-state index in [2.05, 4.69) is 19.5 Å². The summed E-state index contributed by atoms with van der Waals surface area (Å²) >= 11 is 3.29. The van der Waals surface area contributed by atoms with Gasteiger partial charge in [0, 0.05) is 35.0 Å². The Morgan fingerprint density at radius 2 is 2.11 bits per heavy atom. The van der Waals surface area contributed by atoms with Gasteiger partial charge in [-0.25, -0.2) is 9.29 Å². The molecule has 1 aromatic heterocycles. The maximum atomic E-state index is 5.31. The maximum Gasteiger partial charge on any atom is 0.166 e. The van der Waals surface area contributed by atoms with Crippen LogP contribution in [0.2, 0.25) is 0 Å². The lowest BCUT2D eigenvalue weighted by Crippen LogP contribution is -2.30. The van der Waals surface area contributed by atoms with E-state index < -0.39 is 0 Å². The van der Waals surface area contributed by atoms with Gasteiger partial charge in [-0.1, -0.05) is 12.1 Å². The minimum absolute atomic E-state index is 0.832. The van der Waals surface area contributed by atoms with Crippen molar-refractivity contribution < 1.29 is 4.74 Å². The van der Waals surface area contributed by atoms with Gasteiger partial charge in [-0.15, -0.1) is 11.3 Å². The fraction of sp³-hybridized carbons (Fsp3) is 0.364. The molecule has 0 radical (unpaired) electrons. The van der Waals surface area contributed by atoms with Crippen LogP contribution in [-0.4, -0.2) is 35.6 Å². The highest BCUT2D eigenvalue weighted by atomic mass is 33.1. The molecule has 1 aliphatic heterocycles. The maximum absolute atomic E-state index is 5.31. The van der Waals surface area contributed by atoms with Crippen LogP contribution >= 0.6 is 45.2 Å². The zero-order valence-corrected chi connectivity index (χ0v) is 13.3. The third-order valence-electron chi connectivity index (χ3n) is 2.55.